The summed E-state index contributed by atoms with van der Waals surface area (Å²) in [6.07, 6.45) is 16.1. The van der Waals surface area contributed by atoms with Crippen LogP contribution in [0.2, 0.25) is 0 Å². The molecule has 0 radical (unpaired) electrons. The van der Waals surface area contributed by atoms with E-state index in [0.717, 1.165) is 0 Å². The molecule has 0 fully saturated rings. The van der Waals surface area contributed by atoms with E-state index in [4.69, 9.17) is 0 Å². The van der Waals surface area contributed by atoms with Gasteiger partial charge in [0.05, 0.1) is 0 Å². The van der Waals surface area contributed by atoms with Gasteiger partial charge in [0.15, 0.2) is 0 Å². The fourth-order valence-corrected chi connectivity index (χ4v) is 6.42. The van der Waals surface area contributed by atoms with Crippen molar-refractivity contribution in [2.45, 2.75) is 12.8 Å². The van der Waals surface area contributed by atoms with Gasteiger partial charge in [0.25, 0.3) is 0 Å². The van der Waals surface area contributed by atoms with Gasteiger partial charge in [-0.25, -0.2) is 0 Å². The summed E-state index contributed by atoms with van der Waals surface area (Å²) in [6.45, 7) is 0. The van der Waals surface area contributed by atoms with Crippen molar-refractivity contribution in [1.82, 2.24) is 0 Å². The molecular weight excluding hydrogens is 267 g/mol. The summed E-state index contributed by atoms with van der Waals surface area (Å²) in [5.74, 6) is 0. The zero-order valence-corrected chi connectivity index (χ0v) is 12.5. The van der Waals surface area contributed by atoms with Crippen molar-refractivity contribution in [1.29, 1.82) is 0 Å². The molecule has 2 rings (SSSR count). The summed E-state index contributed by atoms with van der Waals surface area (Å²) in [5.41, 5.74) is 0. The predicted molar refractivity (Wildman–Crippen MR) is 66.7 cm³/mol. The van der Waals surface area contributed by atoms with Crippen LogP contribution < -0.4 is 0 Å². The predicted octanol–water partition coefficient (Wildman–Crippen LogP) is 2.68. The Bertz CT molecular complexity index is 308. The second kappa shape index (κ2) is 6.86. The number of hydrogen-bond donors (Lipinski definition) is 0. The zero-order valence-electron chi connectivity index (χ0n) is 7.90. The summed E-state index contributed by atoms with van der Waals surface area (Å²) in [4.78, 5) is 0. The molecule has 0 aromatic rings. The van der Waals surface area contributed by atoms with Gasteiger partial charge in [0.2, 0.25) is 0 Å². The van der Waals surface area contributed by atoms with E-state index in [0.29, 0.717) is 0 Å². The first kappa shape index (κ1) is 14.5. The maximum atomic E-state index is 2.33. The van der Waals surface area contributed by atoms with Gasteiger partial charge < -0.3 is 0 Å². The SMILES string of the molecule is Cl.Cl.[SiH2]=[Ti]([C]1=CC=CC1)[C]1=CC=CC1. The molecule has 0 bridgehead atoms. The molecule has 14 heavy (non-hydrogen) atoms. The third-order valence-electron chi connectivity index (χ3n) is 2.32. The molecule has 0 saturated heterocycles. The molecule has 2 aliphatic carbocycles. The van der Waals surface area contributed by atoms with Crippen LogP contribution >= 0.6 is 24.8 Å². The molecule has 0 aromatic heterocycles. The van der Waals surface area contributed by atoms with Crippen molar-refractivity contribution in [3.05, 3.63) is 44.2 Å². The Kier molecular flexibility index (Phi) is 7.09. The molecule has 0 aliphatic heterocycles. The molecule has 2 aliphatic rings. The van der Waals surface area contributed by atoms with Gasteiger partial charge in [-0.2, -0.15) is 0 Å². The van der Waals surface area contributed by atoms with E-state index in [1.807, 2.05) is 0 Å². The molecular formula is C10H14Cl2SiTi. The molecule has 0 N–H and O–H groups in total. The van der Waals surface area contributed by atoms with Gasteiger partial charge in [0.1, 0.15) is 0 Å². The molecule has 0 aromatic carbocycles. The van der Waals surface area contributed by atoms with Crippen LogP contribution in [0.25, 0.3) is 0 Å². The van der Waals surface area contributed by atoms with Gasteiger partial charge in [-0.3, -0.25) is 0 Å². The van der Waals surface area contributed by atoms with E-state index in [2.05, 4.69) is 44.1 Å². The first-order valence-electron chi connectivity index (χ1n) is 4.29. The van der Waals surface area contributed by atoms with Crippen LogP contribution in [0.4, 0.5) is 0 Å². The first-order chi connectivity index (χ1) is 5.88. The number of allylic oxidation sites excluding steroid dienone is 8. The maximum absolute atomic E-state index is 2.33. The third-order valence-corrected chi connectivity index (χ3v) is 9.64. The molecule has 0 atom stereocenters. The Morgan fingerprint density at radius 3 is 1.64 bits per heavy atom. The average molecular weight is 281 g/mol. The first-order valence-corrected chi connectivity index (χ1v) is 9.87. The van der Waals surface area contributed by atoms with Crippen LogP contribution in [0, 0.1) is 0 Å². The van der Waals surface area contributed by atoms with Crippen LogP contribution in [-0.2, 0) is 16.6 Å². The Hall–Kier alpha value is 0.471. The second-order valence-electron chi connectivity index (χ2n) is 3.13. The molecule has 0 unspecified atom stereocenters. The number of rotatable bonds is 2. The fraction of sp³-hybridized carbons (Fsp3) is 0.200. The summed E-state index contributed by atoms with van der Waals surface area (Å²) in [5, 5.41) is 0. The van der Waals surface area contributed by atoms with Crippen LogP contribution in [0.3, 0.4) is 0 Å². The van der Waals surface area contributed by atoms with Gasteiger partial charge >= 0.3 is 81.3 Å². The van der Waals surface area contributed by atoms with Crippen molar-refractivity contribution in [2.75, 3.05) is 0 Å². The molecule has 4 heteroatoms. The third kappa shape index (κ3) is 3.25. The van der Waals surface area contributed by atoms with Crippen LogP contribution in [-0.4, -0.2) is 7.63 Å². The fourth-order valence-electron chi connectivity index (χ4n) is 1.55. The van der Waals surface area contributed by atoms with E-state index < -0.39 is 16.6 Å². The van der Waals surface area contributed by atoms with E-state index in [1.54, 1.807) is 7.76 Å². The minimum absolute atomic E-state index is 0. The molecule has 0 saturated carbocycles. The van der Waals surface area contributed by atoms with Crippen molar-refractivity contribution in [3.8, 4) is 0 Å². The van der Waals surface area contributed by atoms with Crippen LogP contribution in [0.15, 0.2) is 44.2 Å². The van der Waals surface area contributed by atoms with Gasteiger partial charge in [0, 0.05) is 0 Å². The second-order valence-corrected chi connectivity index (χ2v) is 9.54. The van der Waals surface area contributed by atoms with E-state index in [9.17, 15) is 0 Å². The molecule has 0 spiro atoms. The summed E-state index contributed by atoms with van der Waals surface area (Å²) >= 11 is -0.954. The quantitative estimate of drug-likeness (QED) is 0.683. The Morgan fingerprint density at radius 2 is 1.36 bits per heavy atom. The van der Waals surface area contributed by atoms with Gasteiger partial charge in [-0.15, -0.1) is 24.8 Å². The van der Waals surface area contributed by atoms with Crippen molar-refractivity contribution >= 4 is 32.4 Å². The monoisotopic (exact) mass is 280 g/mol. The van der Waals surface area contributed by atoms with Gasteiger partial charge in [-0.1, -0.05) is 0 Å². The van der Waals surface area contributed by atoms with E-state index in [-0.39, 0.29) is 24.8 Å². The van der Waals surface area contributed by atoms with Crippen molar-refractivity contribution in [3.63, 3.8) is 0 Å². The van der Waals surface area contributed by atoms with Gasteiger partial charge in [-0.05, 0) is 0 Å². The summed E-state index contributed by atoms with van der Waals surface area (Å²) < 4.78 is 3.48. The topological polar surface area (TPSA) is 0 Å². The van der Waals surface area contributed by atoms with Crippen molar-refractivity contribution < 1.29 is 16.6 Å². The van der Waals surface area contributed by atoms with Crippen LogP contribution in [0.1, 0.15) is 12.8 Å². The Balaban J connectivity index is 0.000000845. The molecule has 0 amide bonds. The number of halogens is 2. The van der Waals surface area contributed by atoms with E-state index in [1.165, 1.54) is 12.8 Å². The van der Waals surface area contributed by atoms with Crippen molar-refractivity contribution in [2.24, 2.45) is 0 Å². The normalized spacial score (nSPS) is 16.9. The summed E-state index contributed by atoms with van der Waals surface area (Å²) in [7, 11) is 2.26. The van der Waals surface area contributed by atoms with E-state index >= 15 is 0 Å². The average Bonchev–Trinajstić information content (AvgIpc) is 2.77. The van der Waals surface area contributed by atoms with Crippen LogP contribution in [0.5, 0.6) is 0 Å². The molecule has 76 valence electrons. The molecule has 0 nitrogen and oxygen atoms in total. The summed E-state index contributed by atoms with van der Waals surface area (Å²) in [6, 6.07) is 0. The Morgan fingerprint density at radius 1 is 0.929 bits per heavy atom. The molecule has 0 heterocycles. The number of hydrogen-bond acceptors (Lipinski definition) is 0. The Labute approximate surface area is 106 Å². The standard InChI is InChI=1S/2C5H5.2ClH.H2Si.Ti/c2*1-2-4-5-3-1;;;;/h2*1-3H,4H2;2*1H;1H2;. The zero-order chi connectivity index (χ0) is 8.39. The minimum atomic E-state index is -0.954.